The van der Waals surface area contributed by atoms with Gasteiger partial charge in [0.25, 0.3) is 0 Å². The molecule has 0 aliphatic rings. The first-order valence-corrected chi connectivity index (χ1v) is 6.85. The fraction of sp³-hybridized carbons (Fsp3) is 0.125. The largest absolute Gasteiger partial charge is 0.388 e. The molecule has 0 fully saturated rings. The summed E-state index contributed by atoms with van der Waals surface area (Å²) < 4.78 is 0. The van der Waals surface area contributed by atoms with Crippen LogP contribution in [0.15, 0.2) is 53.5 Å². The van der Waals surface area contributed by atoms with Gasteiger partial charge in [-0.15, -0.1) is 0 Å². The van der Waals surface area contributed by atoms with Crippen LogP contribution in [0.25, 0.3) is 0 Å². The molecule has 2 aromatic carbocycles. The van der Waals surface area contributed by atoms with Crippen molar-refractivity contribution in [3.05, 3.63) is 64.7 Å². The zero-order valence-corrected chi connectivity index (χ0v) is 12.4. The lowest BCUT2D eigenvalue weighted by Crippen LogP contribution is -2.17. The van der Waals surface area contributed by atoms with Crippen molar-refractivity contribution in [2.24, 2.45) is 10.7 Å². The molecule has 0 spiro atoms. The smallest absolute Gasteiger partial charge is 0.239 e. The van der Waals surface area contributed by atoms with E-state index in [2.05, 4.69) is 10.3 Å². The molecule has 2 aromatic rings. The Bertz CT molecular complexity index is 668. The van der Waals surface area contributed by atoms with E-state index >= 15 is 0 Å². The maximum Gasteiger partial charge on any atom is 0.239 e. The summed E-state index contributed by atoms with van der Waals surface area (Å²) in [7, 11) is 1.82. The first-order chi connectivity index (χ1) is 10.1. The minimum atomic E-state index is -0.475. The third-order valence-electron chi connectivity index (χ3n) is 2.95. The maximum absolute atomic E-state index is 11.1. The second-order valence-electron chi connectivity index (χ2n) is 4.44. The minimum absolute atomic E-state index is 0.0695. The Kier molecular flexibility index (Phi) is 4.95. The Morgan fingerprint density at radius 1 is 1.24 bits per heavy atom. The molecule has 0 bridgehead atoms. The van der Waals surface area contributed by atoms with E-state index in [1.54, 1.807) is 6.07 Å². The molecule has 2 rings (SSSR count). The Hall–Kier alpha value is -2.33. The number of anilines is 1. The fourth-order valence-corrected chi connectivity index (χ4v) is 2.19. The van der Waals surface area contributed by atoms with E-state index in [1.165, 1.54) is 0 Å². The molecule has 0 saturated carbocycles. The first kappa shape index (κ1) is 15.1. The molecule has 0 aromatic heterocycles. The Labute approximate surface area is 128 Å². The molecule has 1 amide bonds. The van der Waals surface area contributed by atoms with E-state index in [0.717, 1.165) is 16.8 Å². The van der Waals surface area contributed by atoms with Crippen molar-refractivity contribution < 1.29 is 4.79 Å². The number of nitrogens with one attached hydrogen (secondary N) is 1. The van der Waals surface area contributed by atoms with Crippen LogP contribution in [0.2, 0.25) is 5.02 Å². The van der Waals surface area contributed by atoms with E-state index in [0.29, 0.717) is 10.7 Å². The standard InChI is InChI=1S/C16H16ClN3O/c1-19-14-8-7-12(17)9-13(14)16(20-10-15(18)21)11-5-3-2-4-6-11/h2-9,19H,10H2,1H3,(H2,18,21). The third kappa shape index (κ3) is 3.83. The monoisotopic (exact) mass is 301 g/mol. The lowest BCUT2D eigenvalue weighted by atomic mass is 10.0. The highest BCUT2D eigenvalue weighted by Crippen LogP contribution is 2.24. The van der Waals surface area contributed by atoms with Crippen LogP contribution in [0.5, 0.6) is 0 Å². The first-order valence-electron chi connectivity index (χ1n) is 6.47. The van der Waals surface area contributed by atoms with Gasteiger partial charge in [0.15, 0.2) is 0 Å². The SMILES string of the molecule is CNc1ccc(Cl)cc1C(=NCC(N)=O)c1ccccc1. The number of nitrogens with zero attached hydrogens (tertiary/aromatic N) is 1. The van der Waals surface area contributed by atoms with Gasteiger partial charge in [0, 0.05) is 28.9 Å². The predicted octanol–water partition coefficient (Wildman–Crippen LogP) is 2.70. The molecule has 0 saturated heterocycles. The molecule has 21 heavy (non-hydrogen) atoms. The van der Waals surface area contributed by atoms with E-state index in [1.807, 2.05) is 49.5 Å². The van der Waals surface area contributed by atoms with E-state index in [9.17, 15) is 4.79 Å². The molecule has 4 nitrogen and oxygen atoms in total. The van der Waals surface area contributed by atoms with Gasteiger partial charge in [-0.05, 0) is 18.2 Å². The van der Waals surface area contributed by atoms with Crippen molar-refractivity contribution in [1.82, 2.24) is 0 Å². The van der Waals surface area contributed by atoms with Crippen molar-refractivity contribution in [3.63, 3.8) is 0 Å². The summed E-state index contributed by atoms with van der Waals surface area (Å²) in [4.78, 5) is 15.4. The number of hydrogen-bond donors (Lipinski definition) is 2. The average Bonchev–Trinajstić information content (AvgIpc) is 2.48. The minimum Gasteiger partial charge on any atom is -0.388 e. The molecule has 3 N–H and O–H groups in total. The normalized spacial score (nSPS) is 11.2. The van der Waals surface area contributed by atoms with Crippen molar-refractivity contribution >= 4 is 28.9 Å². The summed E-state index contributed by atoms with van der Waals surface area (Å²) in [6, 6.07) is 15.1. The number of nitrogens with two attached hydrogens (primary N) is 1. The van der Waals surface area contributed by atoms with Gasteiger partial charge < -0.3 is 11.1 Å². The van der Waals surface area contributed by atoms with Crippen LogP contribution >= 0.6 is 11.6 Å². The van der Waals surface area contributed by atoms with Crippen LogP contribution in [0, 0.1) is 0 Å². The molecule has 0 aliphatic carbocycles. The number of primary amides is 1. The molecule has 0 heterocycles. The highest BCUT2D eigenvalue weighted by atomic mass is 35.5. The summed E-state index contributed by atoms with van der Waals surface area (Å²) in [6.07, 6.45) is 0. The molecule has 0 aliphatic heterocycles. The van der Waals surface area contributed by atoms with Gasteiger partial charge in [-0.3, -0.25) is 9.79 Å². The Morgan fingerprint density at radius 2 is 1.95 bits per heavy atom. The van der Waals surface area contributed by atoms with Gasteiger partial charge in [0.1, 0.15) is 6.54 Å². The fourth-order valence-electron chi connectivity index (χ4n) is 2.02. The van der Waals surface area contributed by atoms with Crippen molar-refractivity contribution in [3.8, 4) is 0 Å². The van der Waals surface area contributed by atoms with Crippen LogP contribution in [-0.2, 0) is 4.79 Å². The van der Waals surface area contributed by atoms with Gasteiger partial charge in [0.2, 0.25) is 5.91 Å². The number of carbonyl (C=O) groups is 1. The summed E-state index contributed by atoms with van der Waals surface area (Å²) in [6.45, 7) is -0.0695. The van der Waals surface area contributed by atoms with Crippen molar-refractivity contribution in [2.45, 2.75) is 0 Å². The van der Waals surface area contributed by atoms with Gasteiger partial charge in [-0.1, -0.05) is 41.9 Å². The Balaban J connectivity index is 2.57. The van der Waals surface area contributed by atoms with E-state index in [4.69, 9.17) is 17.3 Å². The summed E-state index contributed by atoms with van der Waals surface area (Å²) in [5, 5.41) is 3.71. The zero-order valence-electron chi connectivity index (χ0n) is 11.6. The zero-order chi connectivity index (χ0) is 15.2. The number of benzene rings is 2. The molecule has 108 valence electrons. The van der Waals surface area contributed by atoms with Gasteiger partial charge in [0.05, 0.1) is 5.71 Å². The summed E-state index contributed by atoms with van der Waals surface area (Å²) in [5.41, 5.74) is 8.50. The number of halogens is 1. The van der Waals surface area contributed by atoms with Crippen LogP contribution in [0.1, 0.15) is 11.1 Å². The van der Waals surface area contributed by atoms with Crippen molar-refractivity contribution in [1.29, 1.82) is 0 Å². The summed E-state index contributed by atoms with van der Waals surface area (Å²) >= 11 is 6.09. The van der Waals surface area contributed by atoms with Crippen LogP contribution in [0.3, 0.4) is 0 Å². The highest BCUT2D eigenvalue weighted by Gasteiger charge is 2.12. The highest BCUT2D eigenvalue weighted by molar-refractivity contribution is 6.31. The molecule has 0 unspecified atom stereocenters. The molecular formula is C16H16ClN3O. The van der Waals surface area contributed by atoms with Gasteiger partial charge in [-0.2, -0.15) is 0 Å². The lowest BCUT2D eigenvalue weighted by molar-refractivity contribution is -0.116. The van der Waals surface area contributed by atoms with Crippen LogP contribution in [-0.4, -0.2) is 25.2 Å². The van der Waals surface area contributed by atoms with E-state index in [-0.39, 0.29) is 6.54 Å². The number of aliphatic imine (C=N–C) groups is 1. The average molecular weight is 302 g/mol. The molecule has 0 radical (unpaired) electrons. The van der Waals surface area contributed by atoms with Crippen molar-refractivity contribution in [2.75, 3.05) is 18.9 Å². The number of rotatable bonds is 5. The van der Waals surface area contributed by atoms with E-state index < -0.39 is 5.91 Å². The number of hydrogen-bond acceptors (Lipinski definition) is 3. The quantitative estimate of drug-likeness (QED) is 0.834. The second kappa shape index (κ2) is 6.90. The third-order valence-corrected chi connectivity index (χ3v) is 3.18. The maximum atomic E-state index is 11.1. The molecule has 5 heteroatoms. The molecular weight excluding hydrogens is 286 g/mol. The van der Waals surface area contributed by atoms with Crippen LogP contribution in [0.4, 0.5) is 5.69 Å². The molecule has 0 atom stereocenters. The predicted molar refractivity (Wildman–Crippen MR) is 87.1 cm³/mol. The number of carbonyl (C=O) groups excluding carboxylic acids is 1. The number of amides is 1. The summed E-state index contributed by atoms with van der Waals surface area (Å²) in [5.74, 6) is -0.475. The second-order valence-corrected chi connectivity index (χ2v) is 4.87. The van der Waals surface area contributed by atoms with Gasteiger partial charge >= 0.3 is 0 Å². The Morgan fingerprint density at radius 3 is 2.57 bits per heavy atom. The topological polar surface area (TPSA) is 67.5 Å². The van der Waals surface area contributed by atoms with Gasteiger partial charge in [-0.25, -0.2) is 0 Å². The lowest BCUT2D eigenvalue weighted by Gasteiger charge is -2.13. The van der Waals surface area contributed by atoms with Crippen LogP contribution < -0.4 is 11.1 Å².